The molecular weight excluding hydrogens is 450 g/mol. The van der Waals surface area contributed by atoms with E-state index in [1.807, 2.05) is 29.2 Å². The van der Waals surface area contributed by atoms with Gasteiger partial charge in [0.2, 0.25) is 0 Å². The van der Waals surface area contributed by atoms with Crippen molar-refractivity contribution in [2.24, 2.45) is 0 Å². The molecule has 1 aromatic heterocycles. The number of ether oxygens (including phenoxy) is 1. The van der Waals surface area contributed by atoms with Gasteiger partial charge in [-0.2, -0.15) is 5.01 Å². The zero-order valence-corrected chi connectivity index (χ0v) is 19.6. The Kier molecular flexibility index (Phi) is 5.89. The lowest BCUT2D eigenvalue weighted by atomic mass is 9.92. The first-order valence-electron chi connectivity index (χ1n) is 11.6. The second-order valence-corrected chi connectivity index (χ2v) is 9.03. The number of nitrogens with zero attached hydrogens (tertiary/aromatic N) is 3. The molecule has 0 radical (unpaired) electrons. The molecule has 0 saturated carbocycles. The third-order valence-electron chi connectivity index (χ3n) is 6.69. The number of hydrogen-bond acceptors (Lipinski definition) is 7. The molecule has 35 heavy (non-hydrogen) atoms. The van der Waals surface area contributed by atoms with Gasteiger partial charge in [-0.05, 0) is 62.7 Å². The fraction of sp³-hybridized carbons (Fsp3) is 0.360. The monoisotopic (exact) mass is 477 g/mol. The number of nitrogens with one attached hydrogen (secondary N) is 2. The number of amides is 4. The average molecular weight is 478 g/mol. The van der Waals surface area contributed by atoms with Crippen molar-refractivity contribution in [1.29, 1.82) is 0 Å². The number of carbonyl (C=O) groups is 3. The Labute approximate surface area is 202 Å². The Bertz CT molecular complexity index is 1250. The number of piperidine rings is 1. The molecule has 2 fully saturated rings. The number of hydrazine groups is 1. The van der Waals surface area contributed by atoms with E-state index >= 15 is 0 Å². The van der Waals surface area contributed by atoms with Gasteiger partial charge in [-0.1, -0.05) is 24.3 Å². The van der Waals surface area contributed by atoms with E-state index in [0.29, 0.717) is 24.4 Å². The van der Waals surface area contributed by atoms with Gasteiger partial charge in [-0.15, -0.1) is 0 Å². The lowest BCUT2D eigenvalue weighted by Crippen LogP contribution is -2.51. The predicted octanol–water partition coefficient (Wildman–Crippen LogP) is 2.51. The van der Waals surface area contributed by atoms with E-state index in [1.165, 1.54) is 7.11 Å². The fourth-order valence-electron chi connectivity index (χ4n) is 4.64. The van der Waals surface area contributed by atoms with Crippen LogP contribution in [0.2, 0.25) is 0 Å². The number of methoxy groups -OCH3 is 1. The number of rotatable bonds is 6. The van der Waals surface area contributed by atoms with Crippen LogP contribution in [-0.4, -0.2) is 59.5 Å². The van der Waals surface area contributed by atoms with Crippen LogP contribution in [0.5, 0.6) is 5.75 Å². The van der Waals surface area contributed by atoms with Crippen molar-refractivity contribution in [2.75, 3.05) is 26.7 Å². The molecule has 4 amide bonds. The fourth-order valence-corrected chi connectivity index (χ4v) is 4.64. The molecule has 2 aliphatic heterocycles. The Morgan fingerprint density at radius 1 is 1.20 bits per heavy atom. The van der Waals surface area contributed by atoms with Gasteiger partial charge in [0.25, 0.3) is 11.8 Å². The van der Waals surface area contributed by atoms with Crippen LogP contribution in [0.4, 0.5) is 4.79 Å². The maximum atomic E-state index is 13.1. The Balaban J connectivity index is 1.17. The molecule has 0 bridgehead atoms. The van der Waals surface area contributed by atoms with E-state index in [4.69, 9.17) is 9.15 Å². The highest BCUT2D eigenvalue weighted by Crippen LogP contribution is 2.31. The summed E-state index contributed by atoms with van der Waals surface area (Å²) in [6.45, 7) is 3.04. The number of oxazole rings is 1. The molecule has 2 aromatic carbocycles. The van der Waals surface area contributed by atoms with Crippen LogP contribution in [0, 0.1) is 0 Å². The number of urea groups is 1. The number of imide groups is 1. The molecule has 5 rings (SSSR count). The first kappa shape index (κ1) is 22.9. The van der Waals surface area contributed by atoms with E-state index in [0.717, 1.165) is 34.8 Å². The molecule has 0 spiro atoms. The summed E-state index contributed by atoms with van der Waals surface area (Å²) in [5.74, 6) is 0.500. The summed E-state index contributed by atoms with van der Waals surface area (Å²) in [7, 11) is 1.53. The molecule has 0 aliphatic carbocycles. The van der Waals surface area contributed by atoms with Gasteiger partial charge in [0.1, 0.15) is 16.8 Å². The first-order chi connectivity index (χ1) is 16.9. The Morgan fingerprint density at radius 2 is 1.97 bits per heavy atom. The summed E-state index contributed by atoms with van der Waals surface area (Å²) in [6.07, 6.45) is 1.61. The Hall–Kier alpha value is -3.92. The highest BCUT2D eigenvalue weighted by molar-refractivity contribution is 6.08. The smallest absolute Gasteiger partial charge is 0.344 e. The van der Waals surface area contributed by atoms with Crippen LogP contribution in [0.15, 0.2) is 52.9 Å². The molecule has 1 unspecified atom stereocenters. The van der Waals surface area contributed by atoms with Crippen LogP contribution in [0.3, 0.4) is 0 Å². The topological polar surface area (TPSA) is 117 Å². The molecule has 2 N–H and O–H groups in total. The molecule has 2 aliphatic rings. The quantitative estimate of drug-likeness (QED) is 0.524. The van der Waals surface area contributed by atoms with E-state index in [1.54, 1.807) is 31.2 Å². The Morgan fingerprint density at radius 3 is 2.71 bits per heavy atom. The van der Waals surface area contributed by atoms with Crippen molar-refractivity contribution >= 4 is 28.9 Å². The van der Waals surface area contributed by atoms with Crippen LogP contribution in [-0.2, 0) is 15.1 Å². The van der Waals surface area contributed by atoms with Crippen LogP contribution >= 0.6 is 0 Å². The van der Waals surface area contributed by atoms with E-state index in [2.05, 4.69) is 15.7 Å². The number of likely N-dealkylation sites (tertiary alicyclic amines) is 1. The van der Waals surface area contributed by atoms with Crippen molar-refractivity contribution in [3.05, 3.63) is 60.0 Å². The van der Waals surface area contributed by atoms with Gasteiger partial charge in [-0.3, -0.25) is 19.9 Å². The number of para-hydroxylation sites is 2. The summed E-state index contributed by atoms with van der Waals surface area (Å²) in [5.41, 5.74) is 3.35. The number of hydrogen-bond donors (Lipinski definition) is 2. The number of fused-ring (bicyclic) bond motifs is 1. The lowest BCUT2D eigenvalue weighted by molar-refractivity contribution is -0.139. The number of aromatic nitrogens is 1. The SMILES string of the molecule is COc1cccc(C2(C)NC(=O)N(NC(=O)CN3CCC(c4nc5ccccc5o4)CC3)C2=O)c1. The van der Waals surface area contributed by atoms with Crippen molar-refractivity contribution in [2.45, 2.75) is 31.2 Å². The molecule has 10 nitrogen and oxygen atoms in total. The van der Waals surface area contributed by atoms with Gasteiger partial charge in [-0.25, -0.2) is 9.78 Å². The van der Waals surface area contributed by atoms with E-state index in [9.17, 15) is 14.4 Å². The third-order valence-corrected chi connectivity index (χ3v) is 6.69. The normalized spacial score (nSPS) is 21.4. The second kappa shape index (κ2) is 9.03. The highest BCUT2D eigenvalue weighted by Gasteiger charge is 2.50. The van der Waals surface area contributed by atoms with Crippen molar-refractivity contribution in [3.63, 3.8) is 0 Å². The average Bonchev–Trinajstić information content (AvgIpc) is 3.40. The van der Waals surface area contributed by atoms with Crippen LogP contribution in [0.1, 0.15) is 37.1 Å². The zero-order valence-electron chi connectivity index (χ0n) is 19.6. The van der Waals surface area contributed by atoms with Crippen LogP contribution in [0.25, 0.3) is 11.1 Å². The molecule has 182 valence electrons. The standard InChI is InChI=1S/C25H27N5O5/c1-25(17-6-5-7-18(14-17)34-2)23(32)30(24(33)27-25)28-21(31)15-29-12-10-16(11-13-29)22-26-19-8-3-4-9-20(19)35-22/h3-9,14,16H,10-13,15H2,1-2H3,(H,27,33)(H,28,31). The molecule has 10 heteroatoms. The minimum absolute atomic E-state index is 0.0766. The van der Waals surface area contributed by atoms with Crippen LogP contribution < -0.4 is 15.5 Å². The summed E-state index contributed by atoms with van der Waals surface area (Å²) in [6, 6.07) is 13.9. The molecule has 1 atom stereocenters. The maximum Gasteiger partial charge on any atom is 0.344 e. The summed E-state index contributed by atoms with van der Waals surface area (Å²) >= 11 is 0. The largest absolute Gasteiger partial charge is 0.497 e. The minimum Gasteiger partial charge on any atom is -0.497 e. The molecular formula is C25H27N5O5. The lowest BCUT2D eigenvalue weighted by Gasteiger charge is -2.30. The van der Waals surface area contributed by atoms with Gasteiger partial charge in [0.05, 0.1) is 13.7 Å². The highest BCUT2D eigenvalue weighted by atomic mass is 16.5. The zero-order chi connectivity index (χ0) is 24.6. The second-order valence-electron chi connectivity index (χ2n) is 9.03. The van der Waals surface area contributed by atoms with Gasteiger partial charge in [0.15, 0.2) is 11.5 Å². The molecule has 2 saturated heterocycles. The minimum atomic E-state index is -1.31. The van der Waals surface area contributed by atoms with Crippen molar-refractivity contribution in [3.8, 4) is 5.75 Å². The number of carbonyl (C=O) groups excluding carboxylic acids is 3. The summed E-state index contributed by atoms with van der Waals surface area (Å²) in [4.78, 5) is 44.9. The molecule has 3 heterocycles. The van der Waals surface area contributed by atoms with Gasteiger partial charge < -0.3 is 14.5 Å². The van der Waals surface area contributed by atoms with Gasteiger partial charge in [0, 0.05) is 5.92 Å². The van der Waals surface area contributed by atoms with Crippen molar-refractivity contribution < 1.29 is 23.5 Å². The van der Waals surface area contributed by atoms with E-state index in [-0.39, 0.29) is 12.5 Å². The third kappa shape index (κ3) is 4.32. The summed E-state index contributed by atoms with van der Waals surface area (Å²) < 4.78 is 11.1. The molecule has 3 aromatic rings. The predicted molar refractivity (Wildman–Crippen MR) is 126 cm³/mol. The maximum absolute atomic E-state index is 13.1. The first-order valence-corrected chi connectivity index (χ1v) is 11.6. The summed E-state index contributed by atoms with van der Waals surface area (Å²) in [5, 5.41) is 3.43. The van der Waals surface area contributed by atoms with Gasteiger partial charge >= 0.3 is 6.03 Å². The van der Waals surface area contributed by atoms with Crippen molar-refractivity contribution in [1.82, 2.24) is 25.6 Å². The van der Waals surface area contributed by atoms with E-state index < -0.39 is 23.4 Å². The number of benzene rings is 2.